The number of ether oxygens (including phenoxy) is 5. The van der Waals surface area contributed by atoms with Crippen LogP contribution in [0, 0.1) is 29.6 Å². The third-order valence-electron chi connectivity index (χ3n) is 12.8. The molecule has 9 N–H and O–H groups in total. The summed E-state index contributed by atoms with van der Waals surface area (Å²) in [6.45, 7) is 6.56. The van der Waals surface area contributed by atoms with E-state index in [2.05, 4.69) is 66.5 Å². The van der Waals surface area contributed by atoms with E-state index in [9.17, 15) is 67.1 Å². The van der Waals surface area contributed by atoms with E-state index in [0.717, 1.165) is 28.4 Å². The maximum absolute atomic E-state index is 12.7. The summed E-state index contributed by atoms with van der Waals surface area (Å²) in [6.07, 6.45) is 2.23. The number of aromatic nitrogens is 2. The lowest BCUT2D eigenvalue weighted by molar-refractivity contribution is -0.152. The quantitative estimate of drug-likeness (QED) is 0.0107. The molecule has 8 amide bonds. The van der Waals surface area contributed by atoms with Crippen LogP contribution in [0.5, 0.6) is 0 Å². The third-order valence-corrected chi connectivity index (χ3v) is 15.1. The smallest absolute Gasteiger partial charge is 0.396 e. The minimum atomic E-state index is -1.48. The summed E-state index contributed by atoms with van der Waals surface area (Å²) < 4.78 is 47.4. The summed E-state index contributed by atoms with van der Waals surface area (Å²) in [4.78, 5) is 172. The summed E-state index contributed by atoms with van der Waals surface area (Å²) in [5, 5.41) is 37.0. The van der Waals surface area contributed by atoms with Gasteiger partial charge in [0.2, 0.25) is 0 Å². The van der Waals surface area contributed by atoms with Gasteiger partial charge in [0.25, 0.3) is 5.56 Å². The standard InChI is InChI=1S/C28H41N8O13P.C24H39N6O10P/c1-17-16-36(28(44)34-21(17)37)20-14-18(49-50(4)47-13-5-6-29)19(48-20)15-33-23(39)22(38)30-7-10-35(11-8-31-24(40)26(42)45-2)12-9-32-25(41)27(43)46-3;1-37-23(35)21(33)27-11-14-30(15-12-28-22(34)24(36)38-2)13-10-26-19(31)20(32)29-17-5-7-18(8-6-17)40-41(3)39-16-4-9-25/h16,18-20H,5,7-15H2,1-4H3,(H,30,38)(H,31,40)(H,32,41)(H,33,39)(H,34,37,44);17-18H,4-8,10-16H2,1-3H3,(H,26,31)(H,27,33)(H,28,34)(H,29,32)/t18-,19-,20-,50?;/m1./s1. The van der Waals surface area contributed by atoms with E-state index < -0.39 is 118 Å². The molecule has 0 bridgehead atoms. The van der Waals surface area contributed by atoms with Crippen LogP contribution in [0.3, 0.4) is 0 Å². The van der Waals surface area contributed by atoms with E-state index in [0.29, 0.717) is 38.7 Å². The van der Waals surface area contributed by atoms with Crippen molar-refractivity contribution >= 4 is 87.9 Å². The van der Waals surface area contributed by atoms with E-state index in [1.807, 2.05) is 18.8 Å². The molecule has 1 aliphatic carbocycles. The topological polar surface area (TPSA) is 493 Å². The van der Waals surface area contributed by atoms with Crippen LogP contribution in [0.4, 0.5) is 0 Å². The average Bonchev–Trinajstić information content (AvgIpc) is 1.88. The first kappa shape index (κ1) is 79.0. The molecule has 5 atom stereocenters. The van der Waals surface area contributed by atoms with Gasteiger partial charge in [-0.1, -0.05) is 0 Å². The predicted molar refractivity (Wildman–Crippen MR) is 315 cm³/mol. The fraction of sp³-hybridized carbons (Fsp3) is 0.654. The zero-order chi connectivity index (χ0) is 67.8. The third kappa shape index (κ3) is 31.5. The van der Waals surface area contributed by atoms with Gasteiger partial charge in [0.05, 0.1) is 78.8 Å². The highest BCUT2D eigenvalue weighted by atomic mass is 31.2. The Kier molecular flexibility index (Phi) is 38.5. The molecule has 37 nitrogen and oxygen atoms in total. The van der Waals surface area contributed by atoms with Gasteiger partial charge in [-0.25, -0.2) is 24.0 Å². The number of nitriles is 2. The number of carbonyl (C=O) groups is 12. The zero-order valence-electron chi connectivity index (χ0n) is 51.5. The highest BCUT2D eigenvalue weighted by Gasteiger charge is 2.39. The molecule has 506 valence electrons. The van der Waals surface area contributed by atoms with E-state index in [1.165, 1.54) is 17.7 Å². The largest absolute Gasteiger partial charge is 0.462 e. The van der Waals surface area contributed by atoms with Crippen molar-refractivity contribution in [1.29, 1.82) is 10.5 Å². The van der Waals surface area contributed by atoms with Crippen molar-refractivity contribution in [3.05, 3.63) is 32.6 Å². The molecule has 1 saturated heterocycles. The van der Waals surface area contributed by atoms with E-state index >= 15 is 0 Å². The number of rotatable bonds is 32. The van der Waals surface area contributed by atoms with Gasteiger partial charge in [-0.05, 0) is 32.6 Å². The molecule has 1 saturated carbocycles. The number of aromatic amines is 1. The molecule has 0 spiro atoms. The van der Waals surface area contributed by atoms with Crippen LogP contribution in [-0.2, 0) is 99.3 Å². The molecule has 1 aromatic rings. The van der Waals surface area contributed by atoms with Crippen LogP contribution in [0.1, 0.15) is 56.7 Å². The van der Waals surface area contributed by atoms with Crippen LogP contribution in [0.2, 0.25) is 0 Å². The van der Waals surface area contributed by atoms with Crippen molar-refractivity contribution in [1.82, 2.24) is 61.9 Å². The van der Waals surface area contributed by atoms with Gasteiger partial charge in [-0.2, -0.15) is 10.5 Å². The molecule has 39 heteroatoms. The monoisotopic (exact) mass is 1330 g/mol. The number of amides is 8. The second kappa shape index (κ2) is 44.4. The first-order valence-electron chi connectivity index (χ1n) is 28.2. The van der Waals surface area contributed by atoms with Crippen molar-refractivity contribution in [3.8, 4) is 12.1 Å². The summed E-state index contributed by atoms with van der Waals surface area (Å²) in [7, 11) is 1.70. The van der Waals surface area contributed by atoms with Gasteiger partial charge in [0.15, 0.2) is 16.8 Å². The van der Waals surface area contributed by atoms with Crippen LogP contribution in [0.15, 0.2) is 15.8 Å². The molecular formula is C52H80N14O23P2. The molecule has 2 fully saturated rings. The minimum absolute atomic E-state index is 0.00374. The van der Waals surface area contributed by atoms with Crippen molar-refractivity contribution in [2.24, 2.45) is 0 Å². The predicted octanol–water partition coefficient (Wildman–Crippen LogP) is -5.20. The molecule has 2 unspecified atom stereocenters. The van der Waals surface area contributed by atoms with E-state index in [1.54, 1.807) is 16.5 Å². The Balaban J connectivity index is 0.000000633. The van der Waals surface area contributed by atoms with Gasteiger partial charge in [-0.15, -0.1) is 0 Å². The van der Waals surface area contributed by atoms with E-state index in [4.69, 9.17) is 33.4 Å². The molecule has 1 aliphatic heterocycles. The molecule has 91 heavy (non-hydrogen) atoms. The lowest BCUT2D eigenvalue weighted by Crippen LogP contribution is -2.48. The number of aryl methyl sites for hydroxylation is 1. The van der Waals surface area contributed by atoms with Crippen LogP contribution < -0.4 is 53.8 Å². The van der Waals surface area contributed by atoms with Gasteiger partial charge < -0.3 is 84.3 Å². The number of hydrogen-bond donors (Lipinski definition) is 9. The number of hydrogen-bond acceptors (Lipinski definition) is 27. The van der Waals surface area contributed by atoms with Crippen molar-refractivity contribution < 1.29 is 99.3 Å². The van der Waals surface area contributed by atoms with E-state index in [-0.39, 0.29) is 122 Å². The highest BCUT2D eigenvalue weighted by Crippen LogP contribution is 2.42. The van der Waals surface area contributed by atoms with Crippen molar-refractivity contribution in [2.45, 2.75) is 82.5 Å². The summed E-state index contributed by atoms with van der Waals surface area (Å²) in [5.74, 6) is -11.6. The fourth-order valence-electron chi connectivity index (χ4n) is 8.16. The fourth-order valence-corrected chi connectivity index (χ4v) is 10.2. The Morgan fingerprint density at radius 1 is 0.571 bits per heavy atom. The maximum atomic E-state index is 12.7. The van der Waals surface area contributed by atoms with Crippen molar-refractivity contribution in [2.75, 3.05) is 140 Å². The number of esters is 4. The summed E-state index contributed by atoms with van der Waals surface area (Å²) >= 11 is 0. The molecule has 2 aliphatic rings. The Morgan fingerprint density at radius 3 is 1.34 bits per heavy atom. The zero-order valence-corrected chi connectivity index (χ0v) is 53.3. The van der Waals surface area contributed by atoms with Crippen LogP contribution >= 0.6 is 16.8 Å². The Morgan fingerprint density at radius 2 is 0.945 bits per heavy atom. The molecule has 3 rings (SSSR count). The van der Waals surface area contributed by atoms with Gasteiger partial charge in [-0.3, -0.25) is 62.5 Å². The van der Waals surface area contributed by atoms with Gasteiger partial charge >= 0.3 is 76.8 Å². The number of nitrogens with one attached hydrogen (secondary N) is 9. The van der Waals surface area contributed by atoms with Gasteiger partial charge in [0, 0.05) is 123 Å². The molecule has 2 heterocycles. The van der Waals surface area contributed by atoms with Crippen LogP contribution in [-0.4, -0.2) is 255 Å². The molecular weight excluding hydrogens is 1250 g/mol. The molecule has 0 radical (unpaired) electrons. The second-order valence-electron chi connectivity index (χ2n) is 19.3. The Bertz CT molecular complexity index is 2760. The minimum Gasteiger partial charge on any atom is -0.462 e. The lowest BCUT2D eigenvalue weighted by atomic mass is 9.93. The second-order valence-corrected chi connectivity index (χ2v) is 22.0. The van der Waals surface area contributed by atoms with Crippen LogP contribution in [0.25, 0.3) is 0 Å². The average molecular weight is 1330 g/mol. The normalized spacial score (nSPS) is 17.1. The maximum Gasteiger partial charge on any atom is 0.396 e. The summed E-state index contributed by atoms with van der Waals surface area (Å²) in [5.41, 5.74) is -0.982. The van der Waals surface area contributed by atoms with Gasteiger partial charge in [0.1, 0.15) is 12.3 Å². The SMILES string of the molecule is COC(=O)C(=O)NCCN(CCNC(=O)C(=O)NC1CCC(OP(C)OCCC#N)CC1)CCNC(=O)C(=O)OC.COC(=O)C(=O)NCCN(CCNC(=O)C(=O)NC[C@H]1O[C@@H](n2cc(C)c(=O)[nH]c2=O)C[C@H]1OP(C)OCCC#N)CCNC(=O)C(=O)OC. The van der Waals surface area contributed by atoms with Crippen molar-refractivity contribution in [3.63, 3.8) is 0 Å². The highest BCUT2D eigenvalue weighted by molar-refractivity contribution is 7.46. The lowest BCUT2D eigenvalue weighted by Gasteiger charge is -2.30. The molecule has 1 aromatic heterocycles. The number of nitrogens with zero attached hydrogens (tertiary/aromatic N) is 5. The number of carbonyl (C=O) groups excluding carboxylic acids is 12. The molecule has 0 aromatic carbocycles. The Labute approximate surface area is 525 Å². The number of H-pyrrole nitrogens is 1. The first-order valence-corrected chi connectivity index (χ1v) is 31.5. The first-order chi connectivity index (χ1) is 43.4. The summed E-state index contributed by atoms with van der Waals surface area (Å²) in [6, 6.07) is 3.81. The Hall–Kier alpha value is -8.12. The number of methoxy groups -OCH3 is 4.